The van der Waals surface area contributed by atoms with Gasteiger partial charge in [0.25, 0.3) is 0 Å². The second-order valence-electron chi connectivity index (χ2n) is 4.81. The third kappa shape index (κ3) is 2.59. The van der Waals surface area contributed by atoms with E-state index in [1.807, 2.05) is 6.20 Å². The van der Waals surface area contributed by atoms with Crippen LogP contribution >= 0.6 is 0 Å². The van der Waals surface area contributed by atoms with Gasteiger partial charge in [0.1, 0.15) is 0 Å². The van der Waals surface area contributed by atoms with Gasteiger partial charge >= 0.3 is 0 Å². The fraction of sp³-hybridized carbons (Fsp3) is 0.750. The van der Waals surface area contributed by atoms with Crippen LogP contribution in [0.2, 0.25) is 0 Å². The van der Waals surface area contributed by atoms with Gasteiger partial charge in [-0.25, -0.2) is 0 Å². The monoisotopic (exact) mass is 207 g/mol. The smallest absolute Gasteiger partial charge is 0.0524 e. The number of nitrogens with one attached hydrogen (secondary N) is 2. The first kappa shape index (κ1) is 10.7. The third-order valence-corrected chi connectivity index (χ3v) is 3.24. The topological polar surface area (TPSA) is 40.7 Å². The highest BCUT2D eigenvalue weighted by Crippen LogP contribution is 2.20. The van der Waals surface area contributed by atoms with E-state index in [2.05, 4.69) is 29.4 Å². The zero-order chi connectivity index (χ0) is 10.7. The zero-order valence-electron chi connectivity index (χ0n) is 9.71. The van der Waals surface area contributed by atoms with Gasteiger partial charge in [0, 0.05) is 18.2 Å². The minimum absolute atomic E-state index is 0.572. The number of aromatic amines is 1. The lowest BCUT2D eigenvalue weighted by atomic mass is 9.96. The fourth-order valence-electron chi connectivity index (χ4n) is 2.33. The Morgan fingerprint density at radius 3 is 3.00 bits per heavy atom. The lowest BCUT2D eigenvalue weighted by molar-refractivity contribution is 0.396. The Morgan fingerprint density at radius 1 is 1.47 bits per heavy atom. The highest BCUT2D eigenvalue weighted by Gasteiger charge is 2.16. The van der Waals surface area contributed by atoms with Crippen LogP contribution in [-0.2, 0) is 6.42 Å². The molecule has 15 heavy (non-hydrogen) atoms. The Hall–Kier alpha value is -0.830. The Morgan fingerprint density at radius 2 is 2.33 bits per heavy atom. The summed E-state index contributed by atoms with van der Waals surface area (Å²) >= 11 is 0. The molecule has 1 aromatic heterocycles. The van der Waals surface area contributed by atoms with Gasteiger partial charge < -0.3 is 5.32 Å². The van der Waals surface area contributed by atoms with Crippen molar-refractivity contribution in [2.75, 3.05) is 6.54 Å². The zero-order valence-corrected chi connectivity index (χ0v) is 9.71. The standard InChI is InChI=1S/C12H21N3/c1-9(2)11-8-14-15-12(11)7-10-5-3-4-6-13-10/h8-10,13H,3-7H2,1-2H3,(H,14,15). The van der Waals surface area contributed by atoms with Crippen molar-refractivity contribution in [3.05, 3.63) is 17.5 Å². The number of piperidine rings is 1. The van der Waals surface area contributed by atoms with E-state index in [4.69, 9.17) is 0 Å². The maximum atomic E-state index is 4.16. The van der Waals surface area contributed by atoms with E-state index in [-0.39, 0.29) is 0 Å². The second kappa shape index (κ2) is 4.79. The molecule has 1 unspecified atom stereocenters. The molecule has 1 aromatic rings. The van der Waals surface area contributed by atoms with Crippen molar-refractivity contribution in [2.45, 2.75) is 51.5 Å². The van der Waals surface area contributed by atoms with Crippen LogP contribution in [0.5, 0.6) is 0 Å². The first-order valence-electron chi connectivity index (χ1n) is 6.03. The Labute approximate surface area is 91.7 Å². The van der Waals surface area contributed by atoms with Gasteiger partial charge in [-0.05, 0) is 30.9 Å². The fourth-order valence-corrected chi connectivity index (χ4v) is 2.33. The summed E-state index contributed by atoms with van der Waals surface area (Å²) in [5, 5.41) is 10.9. The molecular weight excluding hydrogens is 186 g/mol. The van der Waals surface area contributed by atoms with Crippen molar-refractivity contribution < 1.29 is 0 Å². The molecule has 0 amide bonds. The van der Waals surface area contributed by atoms with E-state index in [9.17, 15) is 0 Å². The van der Waals surface area contributed by atoms with Gasteiger partial charge in [-0.1, -0.05) is 20.3 Å². The van der Waals surface area contributed by atoms with Crippen LogP contribution in [0.1, 0.15) is 50.3 Å². The number of nitrogens with zero attached hydrogens (tertiary/aromatic N) is 1. The number of aromatic nitrogens is 2. The molecule has 1 aliphatic rings. The molecule has 1 fully saturated rings. The lowest BCUT2D eigenvalue weighted by Crippen LogP contribution is -2.35. The van der Waals surface area contributed by atoms with Crippen molar-refractivity contribution >= 4 is 0 Å². The van der Waals surface area contributed by atoms with Crippen LogP contribution in [0.15, 0.2) is 6.20 Å². The van der Waals surface area contributed by atoms with E-state index in [0.29, 0.717) is 12.0 Å². The summed E-state index contributed by atoms with van der Waals surface area (Å²) in [6.07, 6.45) is 7.08. The summed E-state index contributed by atoms with van der Waals surface area (Å²) in [4.78, 5) is 0. The summed E-state index contributed by atoms with van der Waals surface area (Å²) in [5.74, 6) is 0.572. The van der Waals surface area contributed by atoms with E-state index in [1.54, 1.807) is 0 Å². The maximum absolute atomic E-state index is 4.16. The molecule has 2 heterocycles. The third-order valence-electron chi connectivity index (χ3n) is 3.24. The number of hydrogen-bond acceptors (Lipinski definition) is 2. The molecule has 0 bridgehead atoms. The minimum atomic E-state index is 0.572. The highest BCUT2D eigenvalue weighted by atomic mass is 15.1. The molecular formula is C12H21N3. The number of rotatable bonds is 3. The van der Waals surface area contributed by atoms with Crippen LogP contribution in [0.3, 0.4) is 0 Å². The van der Waals surface area contributed by atoms with Crippen LogP contribution in [0.25, 0.3) is 0 Å². The van der Waals surface area contributed by atoms with E-state index in [1.165, 1.54) is 37.1 Å². The molecule has 0 saturated carbocycles. The van der Waals surface area contributed by atoms with Gasteiger partial charge in [0.15, 0.2) is 0 Å². The van der Waals surface area contributed by atoms with E-state index >= 15 is 0 Å². The van der Waals surface area contributed by atoms with Crippen molar-refractivity contribution in [3.63, 3.8) is 0 Å². The van der Waals surface area contributed by atoms with Gasteiger partial charge in [-0.3, -0.25) is 5.10 Å². The first-order chi connectivity index (χ1) is 7.27. The molecule has 0 radical (unpaired) electrons. The van der Waals surface area contributed by atoms with E-state index in [0.717, 1.165) is 6.42 Å². The Bertz CT molecular complexity index is 298. The molecule has 2 N–H and O–H groups in total. The minimum Gasteiger partial charge on any atom is -0.314 e. The van der Waals surface area contributed by atoms with Crippen molar-refractivity contribution in [1.29, 1.82) is 0 Å². The van der Waals surface area contributed by atoms with Crippen molar-refractivity contribution in [3.8, 4) is 0 Å². The van der Waals surface area contributed by atoms with Gasteiger partial charge in [-0.15, -0.1) is 0 Å². The quantitative estimate of drug-likeness (QED) is 0.798. The Kier molecular flexibility index (Phi) is 3.41. The predicted molar refractivity (Wildman–Crippen MR) is 62.0 cm³/mol. The molecule has 0 aromatic carbocycles. The lowest BCUT2D eigenvalue weighted by Gasteiger charge is -2.23. The van der Waals surface area contributed by atoms with Gasteiger partial charge in [0.2, 0.25) is 0 Å². The van der Waals surface area contributed by atoms with Crippen LogP contribution in [0.4, 0.5) is 0 Å². The summed E-state index contributed by atoms with van der Waals surface area (Å²) < 4.78 is 0. The Balaban J connectivity index is 1.99. The van der Waals surface area contributed by atoms with Crippen molar-refractivity contribution in [2.24, 2.45) is 0 Å². The second-order valence-corrected chi connectivity index (χ2v) is 4.81. The van der Waals surface area contributed by atoms with Crippen molar-refractivity contribution in [1.82, 2.24) is 15.5 Å². The summed E-state index contributed by atoms with van der Waals surface area (Å²) in [6, 6.07) is 0.650. The average molecular weight is 207 g/mol. The SMILES string of the molecule is CC(C)c1cn[nH]c1CC1CCCCN1. The molecule has 3 heteroatoms. The maximum Gasteiger partial charge on any atom is 0.0524 e. The van der Waals surface area contributed by atoms with Crippen LogP contribution in [-0.4, -0.2) is 22.8 Å². The van der Waals surface area contributed by atoms with Crippen LogP contribution in [0, 0.1) is 0 Å². The molecule has 1 saturated heterocycles. The molecule has 3 nitrogen and oxygen atoms in total. The molecule has 0 spiro atoms. The molecule has 2 rings (SSSR count). The summed E-state index contributed by atoms with van der Waals surface area (Å²) in [7, 11) is 0. The number of H-pyrrole nitrogens is 1. The molecule has 1 atom stereocenters. The van der Waals surface area contributed by atoms with Gasteiger partial charge in [0.05, 0.1) is 6.20 Å². The molecule has 1 aliphatic heterocycles. The molecule has 0 aliphatic carbocycles. The average Bonchev–Trinajstić information content (AvgIpc) is 2.67. The predicted octanol–water partition coefficient (Wildman–Crippen LogP) is 2.22. The first-order valence-corrected chi connectivity index (χ1v) is 6.03. The summed E-state index contributed by atoms with van der Waals surface area (Å²) in [5.41, 5.74) is 2.70. The number of hydrogen-bond donors (Lipinski definition) is 2. The highest BCUT2D eigenvalue weighted by molar-refractivity contribution is 5.21. The van der Waals surface area contributed by atoms with Gasteiger partial charge in [-0.2, -0.15) is 5.10 Å². The molecule has 84 valence electrons. The van der Waals surface area contributed by atoms with E-state index < -0.39 is 0 Å². The normalized spacial score (nSPS) is 22.2. The largest absolute Gasteiger partial charge is 0.314 e. The van der Waals surface area contributed by atoms with Crippen LogP contribution < -0.4 is 5.32 Å². The summed E-state index contributed by atoms with van der Waals surface area (Å²) in [6.45, 7) is 5.63.